The monoisotopic (exact) mass is 544 g/mol. The van der Waals surface area contributed by atoms with Gasteiger partial charge in [-0.3, -0.25) is 9.36 Å². The van der Waals surface area contributed by atoms with Crippen molar-refractivity contribution >= 4 is 69.5 Å². The van der Waals surface area contributed by atoms with E-state index in [1.807, 2.05) is 0 Å². The number of benzene rings is 2. The van der Waals surface area contributed by atoms with E-state index < -0.39 is 23.1 Å². The number of carbonyl (C=O) groups excluding carboxylic acids is 3. The number of rotatable bonds is 6. The van der Waals surface area contributed by atoms with Crippen molar-refractivity contribution < 1.29 is 23.9 Å². The van der Waals surface area contributed by atoms with Gasteiger partial charge in [0.2, 0.25) is 5.91 Å². The maximum absolute atomic E-state index is 13.9. The lowest BCUT2D eigenvalue weighted by Gasteiger charge is -2.23. The Labute approximate surface area is 221 Å². The number of hydrogen-bond donors (Lipinski definition) is 1. The van der Waals surface area contributed by atoms with Gasteiger partial charge in [0.05, 0.1) is 24.3 Å². The lowest BCUT2D eigenvalue weighted by molar-refractivity contribution is -0.135. The molecule has 2 aromatic carbocycles. The molecule has 0 radical (unpaired) electrons. The van der Waals surface area contributed by atoms with Crippen molar-refractivity contribution in [3.8, 4) is 0 Å². The Kier molecular flexibility index (Phi) is 7.78. The molecule has 2 heterocycles. The summed E-state index contributed by atoms with van der Waals surface area (Å²) in [6, 6.07) is 13.6. The number of esters is 2. The van der Waals surface area contributed by atoms with Gasteiger partial charge in [0.25, 0.3) is 0 Å². The molecule has 7 nitrogen and oxygen atoms in total. The number of carbonyl (C=O) groups is 3. The fraction of sp³-hybridized carbons (Fsp3) is 0.192. The largest absolute Gasteiger partial charge is 0.462 e. The highest BCUT2D eigenvalue weighted by atomic mass is 35.5. The molecule has 1 aliphatic rings. The van der Waals surface area contributed by atoms with Crippen molar-refractivity contribution in [2.45, 2.75) is 19.1 Å². The van der Waals surface area contributed by atoms with Gasteiger partial charge in [0.15, 0.2) is 5.69 Å². The van der Waals surface area contributed by atoms with E-state index in [9.17, 15) is 14.4 Å². The van der Waals surface area contributed by atoms with Crippen LogP contribution in [0.25, 0.3) is 11.0 Å². The fourth-order valence-corrected chi connectivity index (χ4v) is 5.31. The van der Waals surface area contributed by atoms with Crippen LogP contribution in [0.2, 0.25) is 10.0 Å². The second kappa shape index (κ2) is 10.8. The van der Waals surface area contributed by atoms with Crippen LogP contribution in [0.1, 0.15) is 45.5 Å². The summed E-state index contributed by atoms with van der Waals surface area (Å²) in [7, 11) is 0. The van der Waals surface area contributed by atoms with Crippen molar-refractivity contribution in [3.63, 3.8) is 0 Å². The summed E-state index contributed by atoms with van der Waals surface area (Å²) in [5.74, 6) is -1.85. The first-order valence-corrected chi connectivity index (χ1v) is 12.7. The predicted octanol–water partition coefficient (Wildman–Crippen LogP) is 4.18. The number of nitrogens with zero attached hydrogens (tertiary/aromatic N) is 1. The van der Waals surface area contributed by atoms with Crippen LogP contribution in [-0.4, -0.2) is 35.6 Å². The molecular formula is C26H22Cl2N2O5S. The standard InChI is InChI=1S/C26H22Cl2N2O5S/c1-3-34-25(32)21-19(29)18(13-14-5-9-16(27)10-6-14)20-23(26(33)35-4-2)36-22(24(31)30(20)21)15-7-11-17(28)12-8-15/h5-13,22H,3-4,29H2,1-2H3/b18-13+/t22-/m1/s1. The summed E-state index contributed by atoms with van der Waals surface area (Å²) >= 11 is 13.1. The summed E-state index contributed by atoms with van der Waals surface area (Å²) < 4.78 is 11.7. The van der Waals surface area contributed by atoms with Gasteiger partial charge < -0.3 is 15.2 Å². The fourth-order valence-electron chi connectivity index (χ4n) is 3.86. The second-order valence-electron chi connectivity index (χ2n) is 7.71. The van der Waals surface area contributed by atoms with Crippen LogP contribution in [0.15, 0.2) is 48.5 Å². The van der Waals surface area contributed by atoms with Gasteiger partial charge in [-0.15, -0.1) is 0 Å². The van der Waals surface area contributed by atoms with E-state index >= 15 is 0 Å². The lowest BCUT2D eigenvalue weighted by Crippen LogP contribution is -2.42. The third kappa shape index (κ3) is 4.89. The molecule has 0 unspecified atom stereocenters. The molecule has 10 heteroatoms. The molecule has 4 rings (SSSR count). The minimum absolute atomic E-state index is 0.0194. The van der Waals surface area contributed by atoms with E-state index in [4.69, 9.17) is 38.4 Å². The zero-order valence-electron chi connectivity index (χ0n) is 19.4. The second-order valence-corrected chi connectivity index (χ2v) is 9.70. The molecule has 1 atom stereocenters. The normalized spacial score (nSPS) is 15.6. The predicted molar refractivity (Wildman–Crippen MR) is 142 cm³/mol. The quantitative estimate of drug-likeness (QED) is 0.464. The highest BCUT2D eigenvalue weighted by Gasteiger charge is 2.38. The average molecular weight is 545 g/mol. The van der Waals surface area contributed by atoms with E-state index in [-0.39, 0.29) is 34.8 Å². The van der Waals surface area contributed by atoms with Crippen molar-refractivity contribution in [1.82, 2.24) is 4.57 Å². The maximum atomic E-state index is 13.9. The van der Waals surface area contributed by atoms with Gasteiger partial charge in [0.1, 0.15) is 10.2 Å². The Morgan fingerprint density at radius 3 is 2.11 bits per heavy atom. The van der Waals surface area contributed by atoms with E-state index in [0.717, 1.165) is 11.8 Å². The Morgan fingerprint density at radius 1 is 0.972 bits per heavy atom. The number of fused-ring (bicyclic) bond motifs is 1. The SMILES string of the molecule is CCOC(=O)C1=c2/c(=C/c3ccc(Cl)cc3)c(N)c(C(=O)OCC)n2C(=O)[C@@H](c2ccc(Cl)cc2)S1. The molecule has 2 N–H and O–H groups in total. The summed E-state index contributed by atoms with van der Waals surface area (Å²) in [6.07, 6.45) is 1.69. The molecule has 186 valence electrons. The molecule has 0 bridgehead atoms. The minimum atomic E-state index is -0.850. The third-order valence-electron chi connectivity index (χ3n) is 5.43. The minimum Gasteiger partial charge on any atom is -0.462 e. The maximum Gasteiger partial charge on any atom is 0.357 e. The van der Waals surface area contributed by atoms with Gasteiger partial charge in [-0.1, -0.05) is 59.2 Å². The summed E-state index contributed by atoms with van der Waals surface area (Å²) in [5, 5.41) is 0.710. The zero-order chi connectivity index (χ0) is 26.0. The number of halogens is 2. The molecule has 1 aliphatic heterocycles. The summed E-state index contributed by atoms with van der Waals surface area (Å²) in [4.78, 5) is 40.2. The smallest absolute Gasteiger partial charge is 0.357 e. The Bertz CT molecular complexity index is 1460. The van der Waals surface area contributed by atoms with E-state index in [1.54, 1.807) is 68.5 Å². The summed E-state index contributed by atoms with van der Waals surface area (Å²) in [6.45, 7) is 3.54. The van der Waals surface area contributed by atoms with E-state index in [0.29, 0.717) is 26.4 Å². The highest BCUT2D eigenvalue weighted by molar-refractivity contribution is 8.10. The molecule has 36 heavy (non-hydrogen) atoms. The van der Waals surface area contributed by atoms with Crippen molar-refractivity contribution in [3.05, 3.63) is 86.0 Å². The number of anilines is 1. The molecule has 0 fully saturated rings. The molecule has 0 spiro atoms. The van der Waals surface area contributed by atoms with Crippen LogP contribution in [0.4, 0.5) is 5.69 Å². The first-order valence-electron chi connectivity index (χ1n) is 11.1. The van der Waals surface area contributed by atoms with Crippen molar-refractivity contribution in [2.75, 3.05) is 18.9 Å². The Hall–Kier alpha value is -3.20. The number of nitrogens with two attached hydrogens (primary N) is 1. The Balaban J connectivity index is 2.08. The van der Waals surface area contributed by atoms with Crippen molar-refractivity contribution in [2.24, 2.45) is 0 Å². The van der Waals surface area contributed by atoms with Crippen LogP contribution in [0.3, 0.4) is 0 Å². The van der Waals surface area contributed by atoms with Crippen LogP contribution >= 0.6 is 35.0 Å². The molecule has 0 aliphatic carbocycles. The number of nitrogen functional groups attached to an aromatic ring is 1. The third-order valence-corrected chi connectivity index (χ3v) is 7.24. The van der Waals surface area contributed by atoms with Crippen LogP contribution < -0.4 is 16.3 Å². The molecule has 0 saturated heterocycles. The topological polar surface area (TPSA) is 101 Å². The Morgan fingerprint density at radius 2 is 1.53 bits per heavy atom. The van der Waals surface area contributed by atoms with Crippen LogP contribution in [-0.2, 0) is 14.3 Å². The van der Waals surface area contributed by atoms with Gasteiger partial charge in [0, 0.05) is 15.3 Å². The van der Waals surface area contributed by atoms with E-state index in [1.165, 1.54) is 4.57 Å². The summed E-state index contributed by atoms with van der Waals surface area (Å²) in [5.41, 5.74) is 7.66. The highest BCUT2D eigenvalue weighted by Crippen LogP contribution is 2.40. The average Bonchev–Trinajstić information content (AvgIpc) is 3.14. The van der Waals surface area contributed by atoms with Crippen LogP contribution in [0.5, 0.6) is 0 Å². The first kappa shape index (κ1) is 25.9. The first-order chi connectivity index (χ1) is 17.3. The lowest BCUT2D eigenvalue weighted by atomic mass is 10.1. The number of aromatic nitrogens is 1. The molecule has 0 amide bonds. The molecule has 3 aromatic rings. The molecule has 0 saturated carbocycles. The van der Waals surface area contributed by atoms with Crippen LogP contribution in [0, 0.1) is 0 Å². The van der Waals surface area contributed by atoms with Gasteiger partial charge in [-0.2, -0.15) is 0 Å². The molecular weight excluding hydrogens is 523 g/mol. The van der Waals surface area contributed by atoms with Gasteiger partial charge in [-0.25, -0.2) is 9.59 Å². The number of thioether (sulfide) groups is 1. The van der Waals surface area contributed by atoms with Gasteiger partial charge in [-0.05, 0) is 55.3 Å². The molecule has 1 aromatic heterocycles. The van der Waals surface area contributed by atoms with Gasteiger partial charge >= 0.3 is 11.9 Å². The zero-order valence-corrected chi connectivity index (χ0v) is 21.7. The number of ether oxygens (including phenoxy) is 2. The van der Waals surface area contributed by atoms with Crippen molar-refractivity contribution in [1.29, 1.82) is 0 Å². The van der Waals surface area contributed by atoms with E-state index in [2.05, 4.69) is 0 Å². The number of hydrogen-bond acceptors (Lipinski definition) is 7.